The van der Waals surface area contributed by atoms with E-state index >= 15 is 0 Å². The fourth-order valence-corrected chi connectivity index (χ4v) is 3.31. The summed E-state index contributed by atoms with van der Waals surface area (Å²) < 4.78 is 10.5. The molecule has 0 bridgehead atoms. The van der Waals surface area contributed by atoms with Crippen LogP contribution in [-0.4, -0.2) is 35.1 Å². The third-order valence-corrected chi connectivity index (χ3v) is 4.79. The van der Waals surface area contributed by atoms with E-state index in [1.54, 1.807) is 48.6 Å². The van der Waals surface area contributed by atoms with E-state index in [0.717, 1.165) is 11.1 Å². The second-order valence-electron chi connectivity index (χ2n) is 5.73. The van der Waals surface area contributed by atoms with Crippen LogP contribution in [0.3, 0.4) is 0 Å². The fraction of sp³-hybridized carbons (Fsp3) is 0.278. The number of rotatable bonds is 7. The zero-order valence-corrected chi connectivity index (χ0v) is 16.0. The lowest BCUT2D eigenvalue weighted by molar-refractivity contribution is -0.130. The van der Waals surface area contributed by atoms with Crippen LogP contribution in [0, 0.1) is 0 Å². The summed E-state index contributed by atoms with van der Waals surface area (Å²) in [7, 11) is 3.34. The molecule has 0 atom stereocenters. The Balaban J connectivity index is 1.57. The highest BCUT2D eigenvalue weighted by Gasteiger charge is 2.15. The lowest BCUT2D eigenvalue weighted by atomic mass is 10.2. The van der Waals surface area contributed by atoms with E-state index in [4.69, 9.17) is 20.9 Å². The molecule has 0 spiro atoms. The summed E-state index contributed by atoms with van der Waals surface area (Å²) >= 11 is 7.61. The van der Waals surface area contributed by atoms with Gasteiger partial charge in [0.05, 0.1) is 7.11 Å². The molecular weight excluding hydrogens is 374 g/mol. The van der Waals surface area contributed by atoms with Gasteiger partial charge in [0.2, 0.25) is 17.6 Å². The topological polar surface area (TPSA) is 68.5 Å². The molecule has 3 aromatic rings. The van der Waals surface area contributed by atoms with Gasteiger partial charge in [-0.15, -0.1) is 0 Å². The third-order valence-electron chi connectivity index (χ3n) is 3.88. The van der Waals surface area contributed by atoms with E-state index in [-0.39, 0.29) is 12.3 Å². The molecule has 8 heteroatoms. The number of ether oxygens (including phenoxy) is 1. The number of halogens is 1. The number of carbonyl (C=O) groups excluding carboxylic acids is 1. The Morgan fingerprint density at radius 3 is 2.96 bits per heavy atom. The first-order chi connectivity index (χ1) is 12.6. The van der Waals surface area contributed by atoms with Crippen LogP contribution in [0.25, 0.3) is 11.4 Å². The van der Waals surface area contributed by atoms with Gasteiger partial charge >= 0.3 is 0 Å². The van der Waals surface area contributed by atoms with Crippen LogP contribution in [-0.2, 0) is 17.8 Å². The Morgan fingerprint density at radius 2 is 2.23 bits per heavy atom. The SMILES string of the molecule is COc1ccc(Cl)cc1CN(C)C(=O)CCc1nc(-c2ccsc2)no1. The average Bonchev–Trinajstić information content (AvgIpc) is 3.31. The standard InChI is InChI=1S/C18H18ClN3O3S/c1-22(10-13-9-14(19)3-4-15(13)24-2)17(23)6-5-16-20-18(21-25-16)12-7-8-26-11-12/h3-4,7-9,11H,5-6,10H2,1-2H3. The number of amides is 1. The van der Waals surface area contributed by atoms with Gasteiger partial charge in [0.25, 0.3) is 0 Å². The maximum Gasteiger partial charge on any atom is 0.227 e. The second-order valence-corrected chi connectivity index (χ2v) is 6.95. The minimum Gasteiger partial charge on any atom is -0.496 e. The van der Waals surface area contributed by atoms with Crippen molar-refractivity contribution in [3.8, 4) is 17.1 Å². The van der Waals surface area contributed by atoms with Gasteiger partial charge in [-0.1, -0.05) is 16.8 Å². The van der Waals surface area contributed by atoms with E-state index in [1.165, 1.54) is 0 Å². The Bertz CT molecular complexity index is 880. The molecule has 0 aliphatic rings. The maximum absolute atomic E-state index is 12.4. The summed E-state index contributed by atoms with van der Waals surface area (Å²) in [6.07, 6.45) is 0.678. The average molecular weight is 392 g/mol. The molecule has 1 aromatic carbocycles. The minimum absolute atomic E-state index is 0.0256. The number of hydrogen-bond donors (Lipinski definition) is 0. The Morgan fingerprint density at radius 1 is 1.38 bits per heavy atom. The Labute approximate surface area is 160 Å². The number of hydrogen-bond acceptors (Lipinski definition) is 6. The van der Waals surface area contributed by atoms with Gasteiger partial charge in [-0.25, -0.2) is 0 Å². The predicted molar refractivity (Wildman–Crippen MR) is 100 cm³/mol. The quantitative estimate of drug-likeness (QED) is 0.607. The molecule has 136 valence electrons. The monoisotopic (exact) mass is 391 g/mol. The summed E-state index contributed by atoms with van der Waals surface area (Å²) in [6.45, 7) is 0.409. The van der Waals surface area contributed by atoms with Crippen LogP contribution < -0.4 is 4.74 Å². The van der Waals surface area contributed by atoms with Crippen molar-refractivity contribution in [1.29, 1.82) is 0 Å². The van der Waals surface area contributed by atoms with Crippen LogP contribution in [0.2, 0.25) is 5.02 Å². The van der Waals surface area contributed by atoms with Gasteiger partial charge in [0.15, 0.2) is 0 Å². The van der Waals surface area contributed by atoms with E-state index in [1.807, 2.05) is 16.8 Å². The molecule has 0 N–H and O–H groups in total. The zero-order chi connectivity index (χ0) is 18.5. The van der Waals surface area contributed by atoms with Gasteiger partial charge in [-0.3, -0.25) is 4.79 Å². The van der Waals surface area contributed by atoms with Crippen molar-refractivity contribution < 1.29 is 14.1 Å². The van der Waals surface area contributed by atoms with E-state index in [9.17, 15) is 4.79 Å². The number of methoxy groups -OCH3 is 1. The molecule has 2 aromatic heterocycles. The third kappa shape index (κ3) is 4.42. The van der Waals surface area contributed by atoms with Gasteiger partial charge in [-0.2, -0.15) is 16.3 Å². The molecule has 1 amide bonds. The smallest absolute Gasteiger partial charge is 0.227 e. The summed E-state index contributed by atoms with van der Waals surface area (Å²) in [4.78, 5) is 18.4. The van der Waals surface area contributed by atoms with Crippen molar-refractivity contribution >= 4 is 28.8 Å². The molecule has 0 aliphatic heterocycles. The molecular formula is C18H18ClN3O3S. The normalized spacial score (nSPS) is 10.7. The number of aryl methyl sites for hydroxylation is 1. The van der Waals surface area contributed by atoms with Crippen molar-refractivity contribution in [3.05, 3.63) is 51.5 Å². The van der Waals surface area contributed by atoms with Crippen LogP contribution in [0.15, 0.2) is 39.5 Å². The molecule has 0 saturated carbocycles. The molecule has 0 aliphatic carbocycles. The van der Waals surface area contributed by atoms with Gasteiger partial charge in [-0.05, 0) is 29.6 Å². The summed E-state index contributed by atoms with van der Waals surface area (Å²) in [5.41, 5.74) is 1.77. The first kappa shape index (κ1) is 18.4. The molecule has 2 heterocycles. The Hall–Kier alpha value is -2.38. The summed E-state index contributed by atoms with van der Waals surface area (Å²) in [6, 6.07) is 7.28. The molecule has 0 fully saturated rings. The molecule has 26 heavy (non-hydrogen) atoms. The van der Waals surface area contributed by atoms with Crippen molar-refractivity contribution in [2.24, 2.45) is 0 Å². The van der Waals surface area contributed by atoms with Gasteiger partial charge < -0.3 is 14.2 Å². The number of thiophene rings is 1. The van der Waals surface area contributed by atoms with Crippen molar-refractivity contribution in [2.75, 3.05) is 14.2 Å². The predicted octanol–water partition coefficient (Wildman–Crippen LogP) is 4.05. The Kier molecular flexibility index (Phi) is 5.90. The van der Waals surface area contributed by atoms with Crippen molar-refractivity contribution in [1.82, 2.24) is 15.0 Å². The van der Waals surface area contributed by atoms with E-state index in [2.05, 4.69) is 10.1 Å². The zero-order valence-electron chi connectivity index (χ0n) is 14.4. The summed E-state index contributed by atoms with van der Waals surface area (Å²) in [5.74, 6) is 1.67. The number of carbonyl (C=O) groups is 1. The highest BCUT2D eigenvalue weighted by molar-refractivity contribution is 7.08. The number of aromatic nitrogens is 2. The molecule has 3 rings (SSSR count). The fourth-order valence-electron chi connectivity index (χ4n) is 2.48. The van der Waals surface area contributed by atoms with E-state index in [0.29, 0.717) is 35.5 Å². The van der Waals surface area contributed by atoms with Crippen molar-refractivity contribution in [3.63, 3.8) is 0 Å². The lowest BCUT2D eigenvalue weighted by Gasteiger charge is -2.18. The number of benzene rings is 1. The van der Waals surface area contributed by atoms with Crippen LogP contribution in [0.5, 0.6) is 5.75 Å². The van der Waals surface area contributed by atoms with Gasteiger partial charge in [0.1, 0.15) is 5.75 Å². The van der Waals surface area contributed by atoms with Crippen LogP contribution in [0.1, 0.15) is 17.9 Å². The first-order valence-electron chi connectivity index (χ1n) is 7.98. The first-order valence-corrected chi connectivity index (χ1v) is 9.30. The molecule has 0 saturated heterocycles. The molecule has 6 nitrogen and oxygen atoms in total. The lowest BCUT2D eigenvalue weighted by Crippen LogP contribution is -2.26. The van der Waals surface area contributed by atoms with E-state index < -0.39 is 0 Å². The molecule has 0 radical (unpaired) electrons. The second kappa shape index (κ2) is 8.33. The van der Waals surface area contributed by atoms with Crippen LogP contribution >= 0.6 is 22.9 Å². The number of nitrogens with zero attached hydrogens (tertiary/aromatic N) is 3. The maximum atomic E-state index is 12.4. The van der Waals surface area contributed by atoms with Crippen LogP contribution in [0.4, 0.5) is 0 Å². The highest BCUT2D eigenvalue weighted by atomic mass is 35.5. The van der Waals surface area contributed by atoms with Gasteiger partial charge in [0, 0.05) is 48.0 Å². The largest absolute Gasteiger partial charge is 0.496 e. The van der Waals surface area contributed by atoms with Crippen molar-refractivity contribution in [2.45, 2.75) is 19.4 Å². The summed E-state index contributed by atoms with van der Waals surface area (Å²) in [5, 5.41) is 8.45. The highest BCUT2D eigenvalue weighted by Crippen LogP contribution is 2.24. The minimum atomic E-state index is -0.0256. The molecule has 0 unspecified atom stereocenters.